The summed E-state index contributed by atoms with van der Waals surface area (Å²) in [6, 6.07) is 18.0. The van der Waals surface area contributed by atoms with Crippen LogP contribution in [0.4, 0.5) is 11.4 Å². The summed E-state index contributed by atoms with van der Waals surface area (Å²) in [6.07, 6.45) is 1.37. The lowest BCUT2D eigenvalue weighted by atomic mass is 10.1. The van der Waals surface area contributed by atoms with Gasteiger partial charge in [0.05, 0.1) is 23.3 Å². The predicted octanol–water partition coefficient (Wildman–Crippen LogP) is 5.13. The lowest BCUT2D eigenvalue weighted by molar-refractivity contribution is -0.384. The lowest BCUT2D eigenvalue weighted by Crippen LogP contribution is -2.13. The molecular weight excluding hydrogens is 450 g/mol. The molecule has 0 bridgehead atoms. The van der Waals surface area contributed by atoms with Crippen molar-refractivity contribution in [2.45, 2.75) is 20.5 Å². The molecule has 9 nitrogen and oxygen atoms in total. The number of ether oxygens (including phenoxy) is 2. The highest BCUT2D eigenvalue weighted by Gasteiger charge is 2.15. The van der Waals surface area contributed by atoms with Crippen LogP contribution in [-0.2, 0) is 11.4 Å². The number of rotatable bonds is 9. The Morgan fingerprint density at radius 3 is 2.49 bits per heavy atom. The summed E-state index contributed by atoms with van der Waals surface area (Å²) in [5.41, 5.74) is 2.05. The number of aromatic hydroxyl groups is 1. The van der Waals surface area contributed by atoms with Crippen LogP contribution in [0.1, 0.15) is 23.6 Å². The number of nitrogens with zero attached hydrogens (tertiary/aromatic N) is 2. The lowest BCUT2D eigenvalue weighted by Gasteiger charge is -2.13. The van der Waals surface area contributed by atoms with E-state index >= 15 is 0 Å². The van der Waals surface area contributed by atoms with Crippen LogP contribution in [0.2, 0.25) is 0 Å². The molecule has 0 spiro atoms. The summed E-state index contributed by atoms with van der Waals surface area (Å²) in [5.74, 6) is -0.296. The number of carbonyl (C=O) groups excluding carboxylic acids is 1. The molecular formula is C26H23N3O6. The van der Waals surface area contributed by atoms with Crippen LogP contribution < -0.4 is 14.8 Å². The number of nitrogens with one attached hydrogen (secondary N) is 1. The van der Waals surface area contributed by atoms with Crippen LogP contribution in [-0.4, -0.2) is 22.5 Å². The molecule has 178 valence electrons. The summed E-state index contributed by atoms with van der Waals surface area (Å²) >= 11 is 0. The Balaban J connectivity index is 1.78. The number of benzene rings is 3. The molecule has 0 radical (unpaired) electrons. The summed E-state index contributed by atoms with van der Waals surface area (Å²) < 4.78 is 11.6. The van der Waals surface area contributed by atoms with E-state index < -0.39 is 16.6 Å². The molecule has 35 heavy (non-hydrogen) atoms. The first-order valence-electron chi connectivity index (χ1n) is 10.7. The van der Waals surface area contributed by atoms with Gasteiger partial charge in [-0.05, 0) is 49.2 Å². The number of hydrogen-bond donors (Lipinski definition) is 2. The average Bonchev–Trinajstić information content (AvgIpc) is 2.84. The van der Waals surface area contributed by atoms with E-state index in [0.29, 0.717) is 30.3 Å². The van der Waals surface area contributed by atoms with Crippen LogP contribution >= 0.6 is 0 Å². The van der Waals surface area contributed by atoms with Crippen molar-refractivity contribution >= 4 is 23.4 Å². The number of aryl methyl sites for hydroxylation is 1. The number of phenols is 1. The normalized spacial score (nSPS) is 10.8. The molecule has 0 aromatic heterocycles. The third-order valence-electron chi connectivity index (χ3n) is 4.90. The molecule has 0 saturated carbocycles. The molecule has 0 aliphatic carbocycles. The fraction of sp³-hybridized carbons (Fsp3) is 0.154. The fourth-order valence-corrected chi connectivity index (χ4v) is 3.09. The van der Waals surface area contributed by atoms with E-state index in [2.05, 4.69) is 5.32 Å². The van der Waals surface area contributed by atoms with Gasteiger partial charge >= 0.3 is 0 Å². The minimum atomic E-state index is -0.783. The van der Waals surface area contributed by atoms with E-state index in [1.54, 1.807) is 18.2 Å². The topological polar surface area (TPSA) is 135 Å². The molecule has 0 fully saturated rings. The highest BCUT2D eigenvalue weighted by Crippen LogP contribution is 2.31. The van der Waals surface area contributed by atoms with E-state index in [4.69, 9.17) is 9.47 Å². The number of nitro groups is 1. The van der Waals surface area contributed by atoms with E-state index in [9.17, 15) is 25.3 Å². The zero-order valence-corrected chi connectivity index (χ0v) is 19.1. The van der Waals surface area contributed by atoms with Crippen molar-refractivity contribution in [3.8, 4) is 23.3 Å². The molecule has 0 unspecified atom stereocenters. The van der Waals surface area contributed by atoms with Crippen LogP contribution in [0.5, 0.6) is 17.2 Å². The van der Waals surface area contributed by atoms with Gasteiger partial charge in [-0.1, -0.05) is 35.9 Å². The zero-order chi connectivity index (χ0) is 25.4. The maximum atomic E-state index is 12.6. The SMILES string of the molecule is CCOc1cc(/C=C(/C#N)C(=O)Nc2ccc([N+](=O)[O-])cc2O)ccc1OCc1ccc(C)cc1. The molecule has 3 aromatic carbocycles. The zero-order valence-electron chi connectivity index (χ0n) is 19.1. The number of hydrogen-bond acceptors (Lipinski definition) is 7. The largest absolute Gasteiger partial charge is 0.506 e. The van der Waals surface area contributed by atoms with Crippen LogP contribution in [0.3, 0.4) is 0 Å². The number of amides is 1. The summed E-state index contributed by atoms with van der Waals surface area (Å²) in [5, 5.41) is 32.6. The van der Waals surface area contributed by atoms with Crippen molar-refractivity contribution in [1.29, 1.82) is 5.26 Å². The summed E-state index contributed by atoms with van der Waals surface area (Å²) in [4.78, 5) is 22.7. The highest BCUT2D eigenvalue weighted by atomic mass is 16.6. The fourth-order valence-electron chi connectivity index (χ4n) is 3.09. The summed E-state index contributed by atoms with van der Waals surface area (Å²) in [6.45, 7) is 4.57. The van der Waals surface area contributed by atoms with Gasteiger partial charge in [0.2, 0.25) is 0 Å². The van der Waals surface area contributed by atoms with Gasteiger partial charge in [-0.2, -0.15) is 5.26 Å². The maximum Gasteiger partial charge on any atom is 0.273 e. The van der Waals surface area contributed by atoms with E-state index in [0.717, 1.165) is 23.3 Å². The molecule has 0 heterocycles. The Kier molecular flexibility index (Phi) is 8.03. The van der Waals surface area contributed by atoms with Gasteiger partial charge in [-0.3, -0.25) is 14.9 Å². The number of carbonyl (C=O) groups is 1. The predicted molar refractivity (Wildman–Crippen MR) is 130 cm³/mol. The Bertz CT molecular complexity index is 1310. The van der Waals surface area contributed by atoms with Gasteiger partial charge in [-0.25, -0.2) is 0 Å². The molecule has 0 aliphatic heterocycles. The third kappa shape index (κ3) is 6.58. The monoisotopic (exact) mass is 473 g/mol. The molecule has 2 N–H and O–H groups in total. The van der Waals surface area contributed by atoms with Gasteiger partial charge < -0.3 is 19.9 Å². The van der Waals surface area contributed by atoms with Crippen LogP contribution in [0.25, 0.3) is 6.08 Å². The first-order valence-corrected chi connectivity index (χ1v) is 10.7. The van der Waals surface area contributed by atoms with Crippen molar-refractivity contribution in [3.05, 3.63) is 93.0 Å². The van der Waals surface area contributed by atoms with Gasteiger partial charge in [0.15, 0.2) is 11.5 Å². The van der Waals surface area contributed by atoms with Crippen molar-refractivity contribution in [3.63, 3.8) is 0 Å². The van der Waals surface area contributed by atoms with E-state index in [-0.39, 0.29) is 16.9 Å². The third-order valence-corrected chi connectivity index (χ3v) is 4.90. The second-order valence-electron chi connectivity index (χ2n) is 7.50. The number of non-ortho nitro benzene ring substituents is 1. The Morgan fingerprint density at radius 1 is 1.11 bits per heavy atom. The minimum absolute atomic E-state index is 0.0587. The average molecular weight is 473 g/mol. The first kappa shape index (κ1) is 24.8. The van der Waals surface area contributed by atoms with Crippen molar-refractivity contribution in [2.24, 2.45) is 0 Å². The highest BCUT2D eigenvalue weighted by molar-refractivity contribution is 6.10. The number of anilines is 1. The maximum absolute atomic E-state index is 12.6. The van der Waals surface area contributed by atoms with Gasteiger partial charge in [0.1, 0.15) is 24.0 Å². The van der Waals surface area contributed by atoms with Crippen LogP contribution in [0, 0.1) is 28.4 Å². The first-order chi connectivity index (χ1) is 16.8. The molecule has 0 saturated heterocycles. The second-order valence-corrected chi connectivity index (χ2v) is 7.50. The van der Waals surface area contributed by atoms with E-state index in [1.807, 2.05) is 44.2 Å². The van der Waals surface area contributed by atoms with E-state index in [1.165, 1.54) is 12.1 Å². The van der Waals surface area contributed by atoms with Crippen molar-refractivity contribution < 1.29 is 24.3 Å². The van der Waals surface area contributed by atoms with Gasteiger partial charge in [-0.15, -0.1) is 0 Å². The molecule has 0 aliphatic rings. The number of nitriles is 1. The molecule has 9 heteroatoms. The Labute approximate surface area is 202 Å². The number of phenolic OH excluding ortho intramolecular Hbond substituents is 1. The van der Waals surface area contributed by atoms with Crippen molar-refractivity contribution in [2.75, 3.05) is 11.9 Å². The Hall–Kier alpha value is -4.84. The molecule has 3 rings (SSSR count). The Morgan fingerprint density at radius 2 is 1.86 bits per heavy atom. The van der Waals surface area contributed by atoms with Crippen LogP contribution in [0.15, 0.2) is 66.2 Å². The summed E-state index contributed by atoms with van der Waals surface area (Å²) in [7, 11) is 0. The molecule has 0 atom stereocenters. The smallest absolute Gasteiger partial charge is 0.273 e. The van der Waals surface area contributed by atoms with Crippen molar-refractivity contribution in [1.82, 2.24) is 0 Å². The number of nitro benzene ring substituents is 1. The standard InChI is InChI=1S/C26H23N3O6/c1-3-34-25-13-19(8-11-24(25)35-16-18-6-4-17(2)5-7-18)12-20(15-27)26(31)28-22-10-9-21(29(32)33)14-23(22)30/h4-14,30H,3,16H2,1-2H3,(H,28,31)/b20-12-. The quantitative estimate of drug-likeness (QED) is 0.145. The van der Waals surface area contributed by atoms with Gasteiger partial charge in [0, 0.05) is 6.07 Å². The molecule has 3 aromatic rings. The minimum Gasteiger partial charge on any atom is -0.506 e. The second kappa shape index (κ2) is 11.3. The van der Waals surface area contributed by atoms with Gasteiger partial charge in [0.25, 0.3) is 11.6 Å². The molecule has 1 amide bonds.